The minimum Gasteiger partial charge on any atom is -0.493 e. The van der Waals surface area contributed by atoms with Crippen LogP contribution in [0.3, 0.4) is 0 Å². The molecule has 9 heteroatoms. The van der Waals surface area contributed by atoms with Gasteiger partial charge in [0.2, 0.25) is 5.91 Å². The number of benzene rings is 3. The largest absolute Gasteiger partial charge is 0.493 e. The number of nitrogens with one attached hydrogen (secondary N) is 1. The summed E-state index contributed by atoms with van der Waals surface area (Å²) in [7, 11) is 3.12. The summed E-state index contributed by atoms with van der Waals surface area (Å²) in [5.41, 5.74) is 1.98. The summed E-state index contributed by atoms with van der Waals surface area (Å²) in [6.45, 7) is -0.144. The number of rotatable bonds is 8. The van der Waals surface area contributed by atoms with Crippen LogP contribution in [0.2, 0.25) is 0 Å². The lowest BCUT2D eigenvalue weighted by atomic mass is 10.1. The smallest absolute Gasteiger partial charge is 0.277 e. The highest BCUT2D eigenvalue weighted by atomic mass is 16.5. The summed E-state index contributed by atoms with van der Waals surface area (Å²) in [5.74, 6) is 2.20. The first-order chi connectivity index (χ1) is 18.0. The van der Waals surface area contributed by atoms with Crippen molar-refractivity contribution < 1.29 is 19.0 Å². The first-order valence-corrected chi connectivity index (χ1v) is 11.5. The fourth-order valence-corrected chi connectivity index (χ4v) is 3.87. The SMILES string of the molecule is COc1ccc(-c2cc3c(=O)n(CC(=O)Nc4ccc(Oc5ccccc5)cc4)ccn3n2)cc1OC. The normalized spacial score (nSPS) is 10.8. The van der Waals surface area contributed by atoms with Crippen molar-refractivity contribution in [2.24, 2.45) is 0 Å². The Hall–Kier alpha value is -5.05. The van der Waals surface area contributed by atoms with E-state index in [2.05, 4.69) is 10.4 Å². The molecule has 1 amide bonds. The van der Waals surface area contributed by atoms with Crippen LogP contribution in [0.1, 0.15) is 0 Å². The van der Waals surface area contributed by atoms with E-state index in [1.165, 1.54) is 15.3 Å². The van der Waals surface area contributed by atoms with E-state index in [4.69, 9.17) is 14.2 Å². The van der Waals surface area contributed by atoms with Crippen LogP contribution in [0.15, 0.2) is 96.1 Å². The first kappa shape index (κ1) is 23.7. The molecule has 5 rings (SSSR count). The van der Waals surface area contributed by atoms with Crippen molar-refractivity contribution >= 4 is 17.1 Å². The zero-order valence-electron chi connectivity index (χ0n) is 20.3. The quantitative estimate of drug-likeness (QED) is 0.337. The zero-order chi connectivity index (χ0) is 25.8. The average Bonchev–Trinajstić information content (AvgIpc) is 3.37. The summed E-state index contributed by atoms with van der Waals surface area (Å²) >= 11 is 0. The number of carbonyl (C=O) groups excluding carboxylic acids is 1. The van der Waals surface area contributed by atoms with Gasteiger partial charge >= 0.3 is 0 Å². The molecule has 0 aliphatic carbocycles. The van der Waals surface area contributed by atoms with Gasteiger partial charge in [0.25, 0.3) is 5.56 Å². The molecule has 2 heterocycles. The molecule has 5 aromatic rings. The predicted molar refractivity (Wildman–Crippen MR) is 140 cm³/mol. The molecule has 0 saturated heterocycles. The molecule has 2 aromatic heterocycles. The number of para-hydroxylation sites is 1. The Morgan fingerprint density at radius 3 is 2.32 bits per heavy atom. The summed E-state index contributed by atoms with van der Waals surface area (Å²) in [6.07, 6.45) is 3.18. The molecule has 0 saturated carbocycles. The molecule has 0 spiro atoms. The van der Waals surface area contributed by atoms with Crippen LogP contribution in [0, 0.1) is 0 Å². The van der Waals surface area contributed by atoms with Crippen molar-refractivity contribution in [2.45, 2.75) is 6.54 Å². The van der Waals surface area contributed by atoms with Crippen LogP contribution >= 0.6 is 0 Å². The highest BCUT2D eigenvalue weighted by molar-refractivity contribution is 5.90. The maximum absolute atomic E-state index is 13.1. The summed E-state index contributed by atoms with van der Waals surface area (Å²) in [6, 6.07) is 23.5. The van der Waals surface area contributed by atoms with Gasteiger partial charge in [-0.15, -0.1) is 0 Å². The average molecular weight is 497 g/mol. The lowest BCUT2D eigenvalue weighted by Crippen LogP contribution is -2.28. The number of hydrogen-bond donors (Lipinski definition) is 1. The minimum atomic E-state index is -0.331. The Labute approximate surface area is 212 Å². The lowest BCUT2D eigenvalue weighted by Gasteiger charge is -2.09. The molecule has 1 N–H and O–H groups in total. The van der Waals surface area contributed by atoms with Crippen molar-refractivity contribution in [2.75, 3.05) is 19.5 Å². The van der Waals surface area contributed by atoms with Gasteiger partial charge in [0, 0.05) is 23.6 Å². The number of aromatic nitrogens is 3. The van der Waals surface area contributed by atoms with Crippen LogP contribution in [0.5, 0.6) is 23.0 Å². The van der Waals surface area contributed by atoms with Crippen LogP contribution in [0.4, 0.5) is 5.69 Å². The van der Waals surface area contributed by atoms with Crippen LogP contribution < -0.4 is 25.1 Å². The molecule has 0 aliphatic rings. The standard InChI is InChI=1S/C28H24N4O5/c1-35-25-13-8-19(16-26(25)36-2)23-17-24-28(34)31(14-15-32(24)30-23)18-27(33)29-20-9-11-22(12-10-20)37-21-6-4-3-5-7-21/h3-17H,18H2,1-2H3,(H,29,33). The van der Waals surface area contributed by atoms with Crippen molar-refractivity contribution in [3.8, 4) is 34.3 Å². The fraction of sp³-hybridized carbons (Fsp3) is 0.107. The first-order valence-electron chi connectivity index (χ1n) is 11.5. The van der Waals surface area contributed by atoms with Gasteiger partial charge in [0.05, 0.1) is 19.9 Å². The Morgan fingerprint density at radius 1 is 0.865 bits per heavy atom. The number of ether oxygens (including phenoxy) is 3. The van der Waals surface area contributed by atoms with Crippen LogP contribution in [-0.2, 0) is 11.3 Å². The van der Waals surface area contributed by atoms with E-state index in [1.54, 1.807) is 62.9 Å². The number of amides is 1. The third-order valence-corrected chi connectivity index (χ3v) is 5.71. The van der Waals surface area contributed by atoms with Gasteiger partial charge in [0.15, 0.2) is 11.5 Å². The Kier molecular flexibility index (Phi) is 6.58. The number of nitrogens with zero attached hydrogens (tertiary/aromatic N) is 3. The Bertz CT molecular complexity index is 1610. The third-order valence-electron chi connectivity index (χ3n) is 5.71. The molecule has 0 atom stereocenters. The van der Waals surface area contributed by atoms with Gasteiger partial charge in [-0.25, -0.2) is 4.52 Å². The molecule has 0 bridgehead atoms. The van der Waals surface area contributed by atoms with Gasteiger partial charge in [-0.3, -0.25) is 9.59 Å². The third kappa shape index (κ3) is 5.15. The van der Waals surface area contributed by atoms with Gasteiger partial charge in [-0.05, 0) is 60.7 Å². The lowest BCUT2D eigenvalue weighted by molar-refractivity contribution is -0.116. The number of fused-ring (bicyclic) bond motifs is 1. The van der Waals surface area contributed by atoms with E-state index in [9.17, 15) is 9.59 Å². The number of anilines is 1. The second kappa shape index (κ2) is 10.3. The minimum absolute atomic E-state index is 0.144. The number of hydrogen-bond acceptors (Lipinski definition) is 6. The molecule has 37 heavy (non-hydrogen) atoms. The van der Waals surface area contributed by atoms with E-state index in [-0.39, 0.29) is 18.0 Å². The van der Waals surface area contributed by atoms with Gasteiger partial charge in [0.1, 0.15) is 23.6 Å². The monoisotopic (exact) mass is 496 g/mol. The summed E-state index contributed by atoms with van der Waals surface area (Å²) in [5, 5.41) is 7.30. The predicted octanol–water partition coefficient (Wildman–Crippen LogP) is 4.61. The second-order valence-corrected chi connectivity index (χ2v) is 8.15. The Balaban J connectivity index is 1.29. The van der Waals surface area contributed by atoms with Crippen molar-refractivity contribution in [3.05, 3.63) is 102 Å². The molecular weight excluding hydrogens is 472 g/mol. The topological polar surface area (TPSA) is 96.1 Å². The molecule has 0 unspecified atom stereocenters. The van der Waals surface area contributed by atoms with Crippen LogP contribution in [-0.4, -0.2) is 34.3 Å². The van der Waals surface area contributed by atoms with Crippen molar-refractivity contribution in [1.82, 2.24) is 14.2 Å². The Morgan fingerprint density at radius 2 is 1.59 bits per heavy atom. The number of carbonyl (C=O) groups is 1. The molecule has 0 aliphatic heterocycles. The van der Waals surface area contributed by atoms with Gasteiger partial charge in [-0.2, -0.15) is 5.10 Å². The number of methoxy groups -OCH3 is 2. The van der Waals surface area contributed by atoms with E-state index in [0.717, 1.165) is 11.3 Å². The van der Waals surface area contributed by atoms with Gasteiger partial charge < -0.3 is 24.1 Å². The van der Waals surface area contributed by atoms with E-state index in [1.807, 2.05) is 36.4 Å². The van der Waals surface area contributed by atoms with E-state index < -0.39 is 0 Å². The van der Waals surface area contributed by atoms with Crippen molar-refractivity contribution in [1.29, 1.82) is 0 Å². The molecule has 3 aromatic carbocycles. The molecule has 186 valence electrons. The maximum Gasteiger partial charge on any atom is 0.277 e. The highest BCUT2D eigenvalue weighted by Gasteiger charge is 2.13. The zero-order valence-corrected chi connectivity index (χ0v) is 20.3. The van der Waals surface area contributed by atoms with Crippen LogP contribution in [0.25, 0.3) is 16.8 Å². The second-order valence-electron chi connectivity index (χ2n) is 8.15. The summed E-state index contributed by atoms with van der Waals surface area (Å²) in [4.78, 5) is 25.7. The summed E-state index contributed by atoms with van der Waals surface area (Å²) < 4.78 is 19.3. The van der Waals surface area contributed by atoms with Crippen molar-refractivity contribution in [3.63, 3.8) is 0 Å². The van der Waals surface area contributed by atoms with Gasteiger partial charge in [-0.1, -0.05) is 18.2 Å². The molecule has 0 radical (unpaired) electrons. The molecular formula is C28H24N4O5. The maximum atomic E-state index is 13.1. The highest BCUT2D eigenvalue weighted by Crippen LogP contribution is 2.32. The molecule has 9 nitrogen and oxygen atoms in total. The van der Waals surface area contributed by atoms with E-state index in [0.29, 0.717) is 34.1 Å². The van der Waals surface area contributed by atoms with E-state index >= 15 is 0 Å². The molecule has 0 fully saturated rings. The fourth-order valence-electron chi connectivity index (χ4n) is 3.87.